The number of aliphatic hydroxyl groups excluding tert-OH is 3. The SMILES string of the molecule is CCCN(CCO)C[C@@H](O)[C@@H](O)[C@H](Cc1cc(F)cc(F)c1)NC(=O)c1cc(C)cc(C(=O)N(CCC)CCC)c1. The number of amides is 2. The molecule has 0 spiro atoms. The van der Waals surface area contributed by atoms with E-state index in [9.17, 15) is 33.7 Å². The van der Waals surface area contributed by atoms with E-state index in [1.54, 1.807) is 28.9 Å². The van der Waals surface area contributed by atoms with Crippen LogP contribution in [0.15, 0.2) is 36.4 Å². The first kappa shape index (κ1) is 34.3. The highest BCUT2D eigenvalue weighted by atomic mass is 19.1. The Morgan fingerprint density at radius 1 is 0.854 bits per heavy atom. The quantitative estimate of drug-likeness (QED) is 0.230. The number of nitrogens with one attached hydrogen (secondary N) is 1. The summed E-state index contributed by atoms with van der Waals surface area (Å²) in [5.74, 6) is -2.40. The van der Waals surface area contributed by atoms with Crippen molar-refractivity contribution in [3.63, 3.8) is 0 Å². The molecule has 41 heavy (non-hydrogen) atoms. The zero-order valence-electron chi connectivity index (χ0n) is 24.6. The molecule has 0 radical (unpaired) electrons. The van der Waals surface area contributed by atoms with Crippen molar-refractivity contribution in [3.8, 4) is 0 Å². The van der Waals surface area contributed by atoms with E-state index in [1.807, 2.05) is 20.8 Å². The fourth-order valence-corrected chi connectivity index (χ4v) is 4.96. The fraction of sp³-hybridized carbons (Fsp3) is 0.548. The largest absolute Gasteiger partial charge is 0.395 e. The van der Waals surface area contributed by atoms with Crippen molar-refractivity contribution in [1.29, 1.82) is 0 Å². The van der Waals surface area contributed by atoms with Gasteiger partial charge in [0.15, 0.2) is 0 Å². The molecule has 0 bridgehead atoms. The molecule has 2 amide bonds. The molecule has 3 atom stereocenters. The highest BCUT2D eigenvalue weighted by molar-refractivity contribution is 6.00. The third-order valence-corrected chi connectivity index (χ3v) is 6.76. The lowest BCUT2D eigenvalue weighted by Crippen LogP contribution is -2.53. The predicted octanol–water partition coefficient (Wildman–Crippen LogP) is 3.30. The first-order chi connectivity index (χ1) is 19.5. The van der Waals surface area contributed by atoms with Crippen molar-refractivity contribution in [2.24, 2.45) is 0 Å². The fourth-order valence-electron chi connectivity index (χ4n) is 4.96. The van der Waals surface area contributed by atoms with Gasteiger partial charge in [-0.1, -0.05) is 20.8 Å². The van der Waals surface area contributed by atoms with Crippen molar-refractivity contribution in [2.45, 2.75) is 71.6 Å². The lowest BCUT2D eigenvalue weighted by Gasteiger charge is -2.31. The Kier molecular flexibility index (Phi) is 14.3. The van der Waals surface area contributed by atoms with Gasteiger partial charge < -0.3 is 25.5 Å². The van der Waals surface area contributed by atoms with Crippen LogP contribution in [0.1, 0.15) is 71.9 Å². The van der Waals surface area contributed by atoms with E-state index >= 15 is 0 Å². The maximum atomic E-state index is 13.9. The first-order valence-electron chi connectivity index (χ1n) is 14.4. The standard InChI is InChI=1S/C31H45F2N3O5/c1-5-8-35(11-12-37)20-28(38)29(39)27(17-22-15-25(32)19-26(33)16-22)34-30(40)23-13-21(4)14-24(18-23)31(41)36(9-6-2)10-7-3/h13-16,18-19,27-29,37-39H,5-12,17,20H2,1-4H3,(H,34,40)/t27-,28+,29-/m0/s1. The Morgan fingerprint density at radius 3 is 2.00 bits per heavy atom. The molecule has 2 aromatic rings. The number of halogens is 2. The molecule has 228 valence electrons. The minimum absolute atomic E-state index is 0.0211. The van der Waals surface area contributed by atoms with Gasteiger partial charge in [0.05, 0.1) is 18.8 Å². The lowest BCUT2D eigenvalue weighted by molar-refractivity contribution is -0.0224. The van der Waals surface area contributed by atoms with E-state index in [0.29, 0.717) is 30.8 Å². The monoisotopic (exact) mass is 577 g/mol. The van der Waals surface area contributed by atoms with Gasteiger partial charge >= 0.3 is 0 Å². The van der Waals surface area contributed by atoms with Gasteiger partial charge in [-0.25, -0.2) is 8.78 Å². The van der Waals surface area contributed by atoms with E-state index in [4.69, 9.17) is 0 Å². The molecule has 2 aromatic carbocycles. The average Bonchev–Trinajstić information content (AvgIpc) is 2.91. The normalized spacial score (nSPS) is 13.6. The Balaban J connectivity index is 2.37. The maximum absolute atomic E-state index is 13.9. The van der Waals surface area contributed by atoms with Crippen molar-refractivity contribution in [3.05, 3.63) is 70.3 Å². The Hall–Kier alpha value is -2.92. The summed E-state index contributed by atoms with van der Waals surface area (Å²) in [5.41, 5.74) is 1.43. The summed E-state index contributed by atoms with van der Waals surface area (Å²) < 4.78 is 27.9. The lowest BCUT2D eigenvalue weighted by atomic mass is 9.96. The number of carbonyl (C=O) groups is 2. The van der Waals surface area contributed by atoms with Crippen molar-refractivity contribution < 1.29 is 33.7 Å². The molecule has 0 aliphatic carbocycles. The molecule has 0 fully saturated rings. The summed E-state index contributed by atoms with van der Waals surface area (Å²) in [6, 6.07) is 6.65. The second kappa shape index (κ2) is 17.1. The van der Waals surface area contributed by atoms with Gasteiger partial charge in [0, 0.05) is 43.4 Å². The third-order valence-electron chi connectivity index (χ3n) is 6.76. The maximum Gasteiger partial charge on any atom is 0.253 e. The van der Waals surface area contributed by atoms with Crippen molar-refractivity contribution in [1.82, 2.24) is 15.1 Å². The molecule has 0 aliphatic heterocycles. The van der Waals surface area contributed by atoms with Crippen LogP contribution >= 0.6 is 0 Å². The average molecular weight is 578 g/mol. The summed E-state index contributed by atoms with van der Waals surface area (Å²) in [6.45, 7) is 9.61. The Bertz CT molecular complexity index is 1100. The number of benzene rings is 2. The number of aryl methyl sites for hydroxylation is 1. The molecular weight excluding hydrogens is 532 g/mol. The minimum atomic E-state index is -1.50. The molecule has 8 nitrogen and oxygen atoms in total. The van der Waals surface area contributed by atoms with Crippen LogP contribution in [0, 0.1) is 18.6 Å². The van der Waals surface area contributed by atoms with E-state index in [1.165, 1.54) is 6.07 Å². The van der Waals surface area contributed by atoms with Gasteiger partial charge in [-0.3, -0.25) is 14.5 Å². The topological polar surface area (TPSA) is 113 Å². The van der Waals surface area contributed by atoms with Gasteiger partial charge in [0.25, 0.3) is 11.8 Å². The van der Waals surface area contributed by atoms with Gasteiger partial charge in [-0.15, -0.1) is 0 Å². The van der Waals surface area contributed by atoms with E-state index < -0.39 is 35.8 Å². The van der Waals surface area contributed by atoms with E-state index in [-0.39, 0.29) is 43.2 Å². The van der Waals surface area contributed by atoms with E-state index in [2.05, 4.69) is 5.32 Å². The van der Waals surface area contributed by atoms with Gasteiger partial charge in [0.2, 0.25) is 0 Å². The zero-order valence-corrected chi connectivity index (χ0v) is 24.6. The second-order valence-corrected chi connectivity index (χ2v) is 10.5. The molecule has 0 saturated heterocycles. The highest BCUT2D eigenvalue weighted by Gasteiger charge is 2.30. The molecule has 0 saturated carbocycles. The van der Waals surface area contributed by atoms with Crippen LogP contribution in [0.5, 0.6) is 0 Å². The predicted molar refractivity (Wildman–Crippen MR) is 155 cm³/mol. The highest BCUT2D eigenvalue weighted by Crippen LogP contribution is 2.17. The Labute approximate surface area is 242 Å². The molecule has 0 aromatic heterocycles. The zero-order chi connectivity index (χ0) is 30.5. The van der Waals surface area contributed by atoms with Crippen molar-refractivity contribution >= 4 is 11.8 Å². The van der Waals surface area contributed by atoms with Gasteiger partial charge in [-0.05, 0) is 80.6 Å². The summed E-state index contributed by atoms with van der Waals surface area (Å²) >= 11 is 0. The number of rotatable bonds is 17. The number of aliphatic hydroxyl groups is 3. The van der Waals surface area contributed by atoms with Crippen LogP contribution in [0.2, 0.25) is 0 Å². The molecule has 0 unspecified atom stereocenters. The van der Waals surface area contributed by atoms with Gasteiger partial charge in [-0.2, -0.15) is 0 Å². The second-order valence-electron chi connectivity index (χ2n) is 10.5. The summed E-state index contributed by atoms with van der Waals surface area (Å²) in [7, 11) is 0. The van der Waals surface area contributed by atoms with Gasteiger partial charge in [0.1, 0.15) is 17.7 Å². The molecule has 0 heterocycles. The van der Waals surface area contributed by atoms with Crippen LogP contribution in [0.3, 0.4) is 0 Å². The molecule has 0 aliphatic rings. The summed E-state index contributed by atoms with van der Waals surface area (Å²) in [5, 5.41) is 34.1. The number of nitrogens with zero attached hydrogens (tertiary/aromatic N) is 2. The minimum Gasteiger partial charge on any atom is -0.395 e. The molecule has 4 N–H and O–H groups in total. The Morgan fingerprint density at radius 2 is 1.44 bits per heavy atom. The number of hydrogen-bond donors (Lipinski definition) is 4. The first-order valence-corrected chi connectivity index (χ1v) is 14.4. The number of hydrogen-bond acceptors (Lipinski definition) is 6. The molecule has 10 heteroatoms. The summed E-state index contributed by atoms with van der Waals surface area (Å²) in [6.07, 6.45) is -0.649. The van der Waals surface area contributed by atoms with E-state index in [0.717, 1.165) is 37.5 Å². The van der Waals surface area contributed by atoms with Crippen LogP contribution in [0.4, 0.5) is 8.78 Å². The summed E-state index contributed by atoms with van der Waals surface area (Å²) in [4.78, 5) is 30.2. The molecular formula is C31H45F2N3O5. The smallest absolute Gasteiger partial charge is 0.253 e. The third kappa shape index (κ3) is 10.8. The van der Waals surface area contributed by atoms with Crippen LogP contribution < -0.4 is 5.32 Å². The van der Waals surface area contributed by atoms with Crippen LogP contribution in [-0.4, -0.2) is 94.5 Å². The van der Waals surface area contributed by atoms with Crippen LogP contribution in [-0.2, 0) is 6.42 Å². The molecule has 2 rings (SSSR count). The number of carbonyl (C=O) groups excluding carboxylic acids is 2. The van der Waals surface area contributed by atoms with Crippen molar-refractivity contribution in [2.75, 3.05) is 39.3 Å². The van der Waals surface area contributed by atoms with Crippen LogP contribution in [0.25, 0.3) is 0 Å².